The van der Waals surface area contributed by atoms with Crippen LogP contribution in [0.4, 0.5) is 11.5 Å². The van der Waals surface area contributed by atoms with Crippen LogP contribution in [0.3, 0.4) is 0 Å². The molecule has 25 heavy (non-hydrogen) atoms. The largest absolute Gasteiger partial charge is 0.497 e. The van der Waals surface area contributed by atoms with E-state index in [2.05, 4.69) is 10.5 Å². The van der Waals surface area contributed by atoms with Gasteiger partial charge in [0.1, 0.15) is 17.3 Å². The van der Waals surface area contributed by atoms with Gasteiger partial charge in [0, 0.05) is 25.1 Å². The van der Waals surface area contributed by atoms with Crippen molar-refractivity contribution in [3.63, 3.8) is 0 Å². The summed E-state index contributed by atoms with van der Waals surface area (Å²) in [6.07, 6.45) is 0.114. The number of amides is 2. The molecule has 0 unspecified atom stereocenters. The Morgan fingerprint density at radius 1 is 1.32 bits per heavy atom. The van der Waals surface area contributed by atoms with Crippen LogP contribution >= 0.6 is 0 Å². The SMILES string of the molecule is COc1ccc(OC)c(N2C[C@H](C(=O)Nc3cc(C)on3)CC2=O)c1. The highest BCUT2D eigenvalue weighted by Gasteiger charge is 2.36. The number of ether oxygens (including phenoxy) is 2. The molecule has 0 saturated carbocycles. The molecule has 1 aromatic carbocycles. The third kappa shape index (κ3) is 3.42. The summed E-state index contributed by atoms with van der Waals surface area (Å²) < 4.78 is 15.5. The molecule has 132 valence electrons. The highest BCUT2D eigenvalue weighted by atomic mass is 16.5. The van der Waals surface area contributed by atoms with Crippen molar-refractivity contribution in [2.24, 2.45) is 5.92 Å². The summed E-state index contributed by atoms with van der Waals surface area (Å²) in [6, 6.07) is 6.82. The molecule has 8 heteroatoms. The monoisotopic (exact) mass is 345 g/mol. The van der Waals surface area contributed by atoms with Crippen LogP contribution in [0.5, 0.6) is 11.5 Å². The molecule has 1 aliphatic rings. The Labute approximate surface area is 144 Å². The number of carbonyl (C=O) groups excluding carboxylic acids is 2. The predicted octanol–water partition coefficient (Wildman–Crippen LogP) is 1.99. The minimum atomic E-state index is -0.486. The summed E-state index contributed by atoms with van der Waals surface area (Å²) in [4.78, 5) is 26.4. The first-order valence-corrected chi connectivity index (χ1v) is 7.78. The zero-order valence-corrected chi connectivity index (χ0v) is 14.2. The van der Waals surface area contributed by atoms with Crippen molar-refractivity contribution in [2.45, 2.75) is 13.3 Å². The molecule has 0 aliphatic carbocycles. The fourth-order valence-electron chi connectivity index (χ4n) is 2.78. The number of rotatable bonds is 5. The molecule has 2 heterocycles. The molecule has 3 rings (SSSR count). The maximum absolute atomic E-state index is 12.4. The van der Waals surface area contributed by atoms with E-state index in [4.69, 9.17) is 14.0 Å². The lowest BCUT2D eigenvalue weighted by Gasteiger charge is -2.20. The second-order valence-electron chi connectivity index (χ2n) is 5.76. The summed E-state index contributed by atoms with van der Waals surface area (Å²) >= 11 is 0. The van der Waals surface area contributed by atoms with Gasteiger partial charge in [-0.2, -0.15) is 0 Å². The molecule has 1 N–H and O–H groups in total. The van der Waals surface area contributed by atoms with Crippen LogP contribution in [0.15, 0.2) is 28.8 Å². The van der Waals surface area contributed by atoms with Crippen LogP contribution in [0.1, 0.15) is 12.2 Å². The lowest BCUT2D eigenvalue weighted by Crippen LogP contribution is -2.28. The van der Waals surface area contributed by atoms with Gasteiger partial charge in [0.25, 0.3) is 0 Å². The number of nitrogens with one attached hydrogen (secondary N) is 1. The third-order valence-corrected chi connectivity index (χ3v) is 4.05. The minimum absolute atomic E-state index is 0.114. The zero-order chi connectivity index (χ0) is 18.0. The van der Waals surface area contributed by atoms with Gasteiger partial charge in [0.05, 0.1) is 25.8 Å². The Morgan fingerprint density at radius 3 is 2.76 bits per heavy atom. The fraction of sp³-hybridized carbons (Fsp3) is 0.353. The second-order valence-corrected chi connectivity index (χ2v) is 5.76. The van der Waals surface area contributed by atoms with E-state index in [1.165, 1.54) is 7.11 Å². The topological polar surface area (TPSA) is 93.9 Å². The van der Waals surface area contributed by atoms with Crippen LogP contribution in [-0.2, 0) is 9.59 Å². The number of methoxy groups -OCH3 is 2. The maximum Gasteiger partial charge on any atom is 0.231 e. The number of anilines is 2. The molecule has 8 nitrogen and oxygen atoms in total. The molecule has 1 aromatic heterocycles. The van der Waals surface area contributed by atoms with Crippen molar-refractivity contribution in [2.75, 3.05) is 31.0 Å². The van der Waals surface area contributed by atoms with E-state index in [0.717, 1.165) is 0 Å². The molecular formula is C17H19N3O5. The van der Waals surface area contributed by atoms with Crippen molar-refractivity contribution in [3.05, 3.63) is 30.0 Å². The van der Waals surface area contributed by atoms with Crippen molar-refractivity contribution in [3.8, 4) is 11.5 Å². The summed E-state index contributed by atoms with van der Waals surface area (Å²) in [5.41, 5.74) is 0.583. The molecule has 1 saturated heterocycles. The molecular weight excluding hydrogens is 326 g/mol. The van der Waals surface area contributed by atoms with Gasteiger partial charge in [-0.15, -0.1) is 0 Å². The molecule has 1 aliphatic heterocycles. The lowest BCUT2D eigenvalue weighted by molar-refractivity contribution is -0.122. The average Bonchev–Trinajstić information content (AvgIpc) is 3.19. The first kappa shape index (κ1) is 16.8. The number of aryl methyl sites for hydroxylation is 1. The first-order valence-electron chi connectivity index (χ1n) is 7.78. The summed E-state index contributed by atoms with van der Waals surface area (Å²) in [7, 11) is 3.08. The normalized spacial score (nSPS) is 16.8. The molecule has 0 spiro atoms. The van der Waals surface area contributed by atoms with Crippen LogP contribution < -0.4 is 19.7 Å². The van der Waals surface area contributed by atoms with E-state index in [0.29, 0.717) is 28.8 Å². The molecule has 0 radical (unpaired) electrons. The van der Waals surface area contributed by atoms with E-state index in [9.17, 15) is 9.59 Å². The lowest BCUT2D eigenvalue weighted by atomic mass is 10.1. The van der Waals surface area contributed by atoms with Crippen molar-refractivity contribution >= 4 is 23.3 Å². The number of hydrogen-bond donors (Lipinski definition) is 1. The zero-order valence-electron chi connectivity index (χ0n) is 14.2. The number of benzene rings is 1. The van der Waals surface area contributed by atoms with Crippen LogP contribution in [0, 0.1) is 12.8 Å². The molecule has 1 fully saturated rings. The smallest absolute Gasteiger partial charge is 0.231 e. The van der Waals surface area contributed by atoms with Gasteiger partial charge >= 0.3 is 0 Å². The second kappa shape index (κ2) is 6.84. The Morgan fingerprint density at radius 2 is 2.12 bits per heavy atom. The first-order chi connectivity index (χ1) is 12.0. The number of hydrogen-bond acceptors (Lipinski definition) is 6. The predicted molar refractivity (Wildman–Crippen MR) is 89.9 cm³/mol. The van der Waals surface area contributed by atoms with Gasteiger partial charge in [0.2, 0.25) is 11.8 Å². The van der Waals surface area contributed by atoms with E-state index < -0.39 is 5.92 Å². The Kier molecular flexibility index (Phi) is 4.60. The molecule has 2 amide bonds. The van der Waals surface area contributed by atoms with Crippen LogP contribution in [0.25, 0.3) is 0 Å². The van der Waals surface area contributed by atoms with E-state index in [-0.39, 0.29) is 24.8 Å². The minimum Gasteiger partial charge on any atom is -0.497 e. The van der Waals surface area contributed by atoms with Crippen LogP contribution in [-0.4, -0.2) is 37.7 Å². The quantitative estimate of drug-likeness (QED) is 0.891. The summed E-state index contributed by atoms with van der Waals surface area (Å²) in [6.45, 7) is 1.99. The molecule has 1 atom stereocenters. The van der Waals surface area contributed by atoms with Gasteiger partial charge in [-0.25, -0.2) is 0 Å². The third-order valence-electron chi connectivity index (χ3n) is 4.05. The highest BCUT2D eigenvalue weighted by Crippen LogP contribution is 2.36. The van der Waals surface area contributed by atoms with E-state index >= 15 is 0 Å². The fourth-order valence-corrected chi connectivity index (χ4v) is 2.78. The number of carbonyl (C=O) groups is 2. The van der Waals surface area contributed by atoms with Gasteiger partial charge in [-0.1, -0.05) is 5.16 Å². The summed E-state index contributed by atoms with van der Waals surface area (Å²) in [5.74, 6) is 1.18. The van der Waals surface area contributed by atoms with Gasteiger partial charge in [-0.05, 0) is 19.1 Å². The summed E-state index contributed by atoms with van der Waals surface area (Å²) in [5, 5.41) is 6.40. The van der Waals surface area contributed by atoms with Gasteiger partial charge < -0.3 is 24.2 Å². The Balaban J connectivity index is 1.77. The number of nitrogens with zero attached hydrogens (tertiary/aromatic N) is 2. The van der Waals surface area contributed by atoms with E-state index in [1.807, 2.05) is 0 Å². The van der Waals surface area contributed by atoms with Crippen molar-refractivity contribution in [1.82, 2.24) is 5.16 Å². The van der Waals surface area contributed by atoms with Gasteiger partial charge in [-0.3, -0.25) is 9.59 Å². The van der Waals surface area contributed by atoms with Crippen molar-refractivity contribution in [1.29, 1.82) is 0 Å². The number of aromatic nitrogens is 1. The molecule has 2 aromatic rings. The Bertz CT molecular complexity index is 801. The van der Waals surface area contributed by atoms with E-state index in [1.54, 1.807) is 43.2 Å². The van der Waals surface area contributed by atoms with Gasteiger partial charge in [0.15, 0.2) is 5.82 Å². The Hall–Kier alpha value is -3.03. The highest BCUT2D eigenvalue weighted by molar-refractivity contribution is 6.04. The average molecular weight is 345 g/mol. The maximum atomic E-state index is 12.4. The standard InChI is InChI=1S/C17H19N3O5/c1-10-6-15(19-25-10)18-17(22)11-7-16(21)20(9-11)13-8-12(23-2)4-5-14(13)24-3/h4-6,8,11H,7,9H2,1-3H3,(H,18,19,22)/t11-/m1/s1. The van der Waals surface area contributed by atoms with Crippen molar-refractivity contribution < 1.29 is 23.6 Å². The molecule has 0 bridgehead atoms. The van der Waals surface area contributed by atoms with Crippen LogP contribution in [0.2, 0.25) is 0 Å².